The SMILES string of the molecule is CC(C)NC(=O)N(C)c1ccc2c(c1)nc(NC(=O)c1ccc(-c3ncco3)s1)n2CCc1cccnc1. The number of pyridine rings is 1. The van der Waals surface area contributed by atoms with Crippen LogP contribution in [-0.2, 0) is 13.0 Å². The van der Waals surface area contributed by atoms with E-state index in [1.54, 1.807) is 36.5 Å². The predicted molar refractivity (Wildman–Crippen MR) is 148 cm³/mol. The smallest absolute Gasteiger partial charge is 0.321 e. The molecule has 0 aliphatic carbocycles. The van der Waals surface area contributed by atoms with E-state index in [-0.39, 0.29) is 18.0 Å². The van der Waals surface area contributed by atoms with E-state index >= 15 is 0 Å². The minimum absolute atomic E-state index is 0.0171. The van der Waals surface area contributed by atoms with Gasteiger partial charge in [-0.15, -0.1) is 11.3 Å². The molecule has 5 rings (SSSR count). The Balaban J connectivity index is 1.45. The van der Waals surface area contributed by atoms with Crippen molar-refractivity contribution in [1.29, 1.82) is 0 Å². The Morgan fingerprint density at radius 2 is 2.03 bits per heavy atom. The van der Waals surface area contributed by atoms with Crippen LogP contribution in [0.4, 0.5) is 16.4 Å². The van der Waals surface area contributed by atoms with Crippen molar-refractivity contribution < 1.29 is 14.0 Å². The number of nitrogens with one attached hydrogen (secondary N) is 2. The molecule has 0 fully saturated rings. The van der Waals surface area contributed by atoms with Gasteiger partial charge in [-0.3, -0.25) is 20.0 Å². The molecule has 5 aromatic rings. The van der Waals surface area contributed by atoms with Gasteiger partial charge in [0, 0.05) is 37.7 Å². The van der Waals surface area contributed by atoms with Crippen molar-refractivity contribution in [3.05, 3.63) is 77.8 Å². The van der Waals surface area contributed by atoms with Crippen molar-refractivity contribution in [3.8, 4) is 10.8 Å². The largest absolute Gasteiger partial charge is 0.444 e. The highest BCUT2D eigenvalue weighted by atomic mass is 32.1. The number of benzene rings is 1. The van der Waals surface area contributed by atoms with Crippen LogP contribution in [0.3, 0.4) is 0 Å². The Hall–Kier alpha value is -4.51. The molecule has 194 valence electrons. The molecule has 2 N–H and O–H groups in total. The number of aryl methyl sites for hydroxylation is 2. The van der Waals surface area contributed by atoms with Crippen LogP contribution < -0.4 is 15.5 Å². The van der Waals surface area contributed by atoms with Crippen molar-refractivity contribution >= 4 is 45.9 Å². The van der Waals surface area contributed by atoms with E-state index in [4.69, 9.17) is 9.40 Å². The van der Waals surface area contributed by atoms with Crippen LogP contribution in [0.5, 0.6) is 0 Å². The summed E-state index contributed by atoms with van der Waals surface area (Å²) < 4.78 is 7.32. The lowest BCUT2D eigenvalue weighted by atomic mass is 10.2. The topological polar surface area (TPSA) is 118 Å². The Labute approximate surface area is 223 Å². The van der Waals surface area contributed by atoms with Crippen LogP contribution in [0, 0.1) is 0 Å². The third-order valence-electron chi connectivity index (χ3n) is 5.88. The Kier molecular flexibility index (Phi) is 7.18. The number of fused-ring (bicyclic) bond motifs is 1. The van der Waals surface area contributed by atoms with Gasteiger partial charge in [0.2, 0.25) is 11.8 Å². The first kappa shape index (κ1) is 25.2. The molecular weight excluding hydrogens is 502 g/mol. The van der Waals surface area contributed by atoms with E-state index in [1.165, 1.54) is 17.6 Å². The summed E-state index contributed by atoms with van der Waals surface area (Å²) >= 11 is 1.29. The first-order valence-electron chi connectivity index (χ1n) is 12.1. The van der Waals surface area contributed by atoms with Gasteiger partial charge in [0.05, 0.1) is 27.0 Å². The number of oxazole rings is 1. The number of hydrogen-bond donors (Lipinski definition) is 2. The number of carbonyl (C=O) groups excluding carboxylic acids is 2. The third-order valence-corrected chi connectivity index (χ3v) is 6.95. The first-order chi connectivity index (χ1) is 18.4. The second kappa shape index (κ2) is 10.9. The normalized spacial score (nSPS) is 11.2. The molecule has 0 aliphatic heterocycles. The molecule has 4 aromatic heterocycles. The number of imidazole rings is 1. The summed E-state index contributed by atoms with van der Waals surface area (Å²) in [7, 11) is 1.71. The number of aromatic nitrogens is 4. The molecule has 4 heterocycles. The van der Waals surface area contributed by atoms with Gasteiger partial charge < -0.3 is 14.3 Å². The monoisotopic (exact) mass is 529 g/mol. The maximum atomic E-state index is 13.2. The lowest BCUT2D eigenvalue weighted by Crippen LogP contribution is -2.40. The van der Waals surface area contributed by atoms with Crippen molar-refractivity contribution in [2.75, 3.05) is 17.3 Å². The summed E-state index contributed by atoms with van der Waals surface area (Å²) in [4.78, 5) is 41.6. The van der Waals surface area contributed by atoms with Crippen LogP contribution in [0.15, 0.2) is 71.7 Å². The summed E-state index contributed by atoms with van der Waals surface area (Å²) in [6.45, 7) is 4.40. The maximum absolute atomic E-state index is 13.2. The second-order valence-corrected chi connectivity index (χ2v) is 10.1. The van der Waals surface area contributed by atoms with Gasteiger partial charge in [-0.05, 0) is 62.2 Å². The quantitative estimate of drug-likeness (QED) is 0.285. The third kappa shape index (κ3) is 5.42. The van der Waals surface area contributed by atoms with Gasteiger partial charge in [0.25, 0.3) is 5.91 Å². The van der Waals surface area contributed by atoms with Crippen molar-refractivity contribution in [2.45, 2.75) is 32.9 Å². The molecule has 0 saturated carbocycles. The van der Waals surface area contributed by atoms with Crippen LogP contribution in [0.25, 0.3) is 21.8 Å². The minimum Gasteiger partial charge on any atom is -0.444 e. The predicted octanol–water partition coefficient (Wildman–Crippen LogP) is 5.20. The van der Waals surface area contributed by atoms with Crippen molar-refractivity contribution in [2.24, 2.45) is 0 Å². The van der Waals surface area contributed by atoms with Gasteiger partial charge in [0.1, 0.15) is 6.26 Å². The van der Waals surface area contributed by atoms with E-state index in [0.717, 1.165) is 16.0 Å². The minimum atomic E-state index is -0.278. The van der Waals surface area contributed by atoms with E-state index in [0.29, 0.717) is 40.9 Å². The van der Waals surface area contributed by atoms with Gasteiger partial charge >= 0.3 is 6.03 Å². The molecule has 10 nitrogen and oxygen atoms in total. The highest BCUT2D eigenvalue weighted by Gasteiger charge is 2.19. The summed E-state index contributed by atoms with van der Waals surface area (Å²) in [5.74, 6) is 0.613. The van der Waals surface area contributed by atoms with Gasteiger partial charge in [0.15, 0.2) is 0 Å². The molecule has 11 heteroatoms. The Bertz CT molecular complexity index is 1560. The highest BCUT2D eigenvalue weighted by molar-refractivity contribution is 7.17. The van der Waals surface area contributed by atoms with Crippen molar-refractivity contribution in [1.82, 2.24) is 24.8 Å². The Morgan fingerprint density at radius 3 is 2.76 bits per heavy atom. The molecule has 0 saturated heterocycles. The standard InChI is InChI=1S/C27H27N7O3S/c1-17(2)30-27(36)33(3)19-6-7-21-20(15-19)31-26(34(21)13-10-18-5-4-11-28-16-18)32-24(35)22-8-9-23(38-22)25-29-12-14-37-25/h4-9,11-12,14-17H,10,13H2,1-3H3,(H,30,36)(H,31,32,35). The number of nitrogens with zero attached hydrogens (tertiary/aromatic N) is 5. The first-order valence-corrected chi connectivity index (χ1v) is 12.9. The molecule has 3 amide bonds. The molecular formula is C27H27N7O3S. The molecule has 0 spiro atoms. The number of thiophene rings is 1. The van der Waals surface area contributed by atoms with E-state index in [1.807, 2.05) is 54.9 Å². The molecule has 0 bridgehead atoms. The van der Waals surface area contributed by atoms with Gasteiger partial charge in [-0.25, -0.2) is 14.8 Å². The fourth-order valence-corrected chi connectivity index (χ4v) is 4.82. The maximum Gasteiger partial charge on any atom is 0.321 e. The van der Waals surface area contributed by atoms with Gasteiger partial charge in [-0.1, -0.05) is 6.07 Å². The highest BCUT2D eigenvalue weighted by Crippen LogP contribution is 2.29. The summed E-state index contributed by atoms with van der Waals surface area (Å²) in [5, 5.41) is 5.86. The fraction of sp³-hybridized carbons (Fsp3) is 0.222. The zero-order chi connectivity index (χ0) is 26.6. The van der Waals surface area contributed by atoms with Crippen LogP contribution in [0.2, 0.25) is 0 Å². The molecule has 0 radical (unpaired) electrons. The van der Waals surface area contributed by atoms with Crippen LogP contribution >= 0.6 is 11.3 Å². The number of hydrogen-bond acceptors (Lipinski definition) is 7. The van der Waals surface area contributed by atoms with Crippen LogP contribution in [0.1, 0.15) is 29.1 Å². The number of anilines is 2. The number of rotatable bonds is 8. The number of carbonyl (C=O) groups is 2. The lowest BCUT2D eigenvalue weighted by Gasteiger charge is -2.19. The second-order valence-electron chi connectivity index (χ2n) is 8.99. The molecule has 0 aliphatic rings. The summed E-state index contributed by atoms with van der Waals surface area (Å²) in [5.41, 5.74) is 3.28. The van der Waals surface area contributed by atoms with E-state index < -0.39 is 0 Å². The average molecular weight is 530 g/mol. The van der Waals surface area contributed by atoms with E-state index in [9.17, 15) is 9.59 Å². The molecule has 0 atom stereocenters. The lowest BCUT2D eigenvalue weighted by molar-refractivity contribution is 0.102. The number of urea groups is 1. The molecule has 0 unspecified atom stereocenters. The van der Waals surface area contributed by atoms with Crippen LogP contribution in [-0.4, -0.2) is 44.5 Å². The van der Waals surface area contributed by atoms with Gasteiger partial charge in [-0.2, -0.15) is 0 Å². The molecule has 1 aromatic carbocycles. The zero-order valence-corrected chi connectivity index (χ0v) is 22.0. The van der Waals surface area contributed by atoms with Crippen molar-refractivity contribution in [3.63, 3.8) is 0 Å². The fourth-order valence-electron chi connectivity index (χ4n) is 3.98. The Morgan fingerprint density at radius 1 is 1.16 bits per heavy atom. The molecule has 38 heavy (non-hydrogen) atoms. The summed E-state index contributed by atoms with van der Waals surface area (Å²) in [6.07, 6.45) is 7.33. The zero-order valence-electron chi connectivity index (χ0n) is 21.2. The number of amides is 3. The average Bonchev–Trinajstić information content (AvgIpc) is 3.67. The van der Waals surface area contributed by atoms with E-state index in [2.05, 4.69) is 20.6 Å². The summed E-state index contributed by atoms with van der Waals surface area (Å²) in [6, 6.07) is 12.9.